The molecule has 0 saturated carbocycles. The molecule has 3 rings (SSSR count). The second kappa shape index (κ2) is 6.18. The highest BCUT2D eigenvalue weighted by atomic mass is 35.5. The van der Waals surface area contributed by atoms with Gasteiger partial charge >= 0.3 is 0 Å². The van der Waals surface area contributed by atoms with Gasteiger partial charge < -0.3 is 9.47 Å². The number of halogens is 1. The van der Waals surface area contributed by atoms with E-state index in [0.29, 0.717) is 39.9 Å². The Bertz CT molecular complexity index is 872. The summed E-state index contributed by atoms with van der Waals surface area (Å²) < 4.78 is 38.7. The minimum Gasteiger partial charge on any atom is -0.497 e. The first kappa shape index (κ1) is 16.9. The van der Waals surface area contributed by atoms with Gasteiger partial charge in [-0.05, 0) is 55.3 Å². The summed E-state index contributed by atoms with van der Waals surface area (Å²) in [5, 5.41) is 0.461. The quantitative estimate of drug-likeness (QED) is 0.832. The number of hydrogen-bond donors (Lipinski definition) is 0. The lowest BCUT2D eigenvalue weighted by Crippen LogP contribution is -2.38. The average molecular weight is 368 g/mol. The minimum atomic E-state index is -3.74. The molecule has 0 unspecified atom stereocenters. The van der Waals surface area contributed by atoms with Crippen molar-refractivity contribution < 1.29 is 17.9 Å². The highest BCUT2D eigenvalue weighted by Crippen LogP contribution is 2.38. The third kappa shape index (κ3) is 2.80. The Hall–Kier alpha value is -1.92. The predicted octanol–water partition coefficient (Wildman–Crippen LogP) is 3.55. The predicted molar refractivity (Wildman–Crippen MR) is 93.9 cm³/mol. The fourth-order valence-electron chi connectivity index (χ4n) is 2.96. The van der Waals surface area contributed by atoms with E-state index in [1.807, 2.05) is 0 Å². The number of sulfonamides is 1. The van der Waals surface area contributed by atoms with Crippen LogP contribution < -0.4 is 13.8 Å². The summed E-state index contributed by atoms with van der Waals surface area (Å²) in [6, 6.07) is 8.42. The van der Waals surface area contributed by atoms with Crippen LogP contribution >= 0.6 is 11.6 Å². The third-order valence-electron chi connectivity index (χ3n) is 3.96. The van der Waals surface area contributed by atoms with Crippen LogP contribution in [0.1, 0.15) is 11.1 Å². The Balaban J connectivity index is 2.16. The molecule has 5 nitrogen and oxygen atoms in total. The number of aryl methyl sites for hydroxylation is 2. The van der Waals surface area contributed by atoms with Crippen LogP contribution in [0.3, 0.4) is 0 Å². The Morgan fingerprint density at radius 1 is 1.17 bits per heavy atom. The van der Waals surface area contributed by atoms with Gasteiger partial charge in [-0.3, -0.25) is 4.31 Å². The van der Waals surface area contributed by atoms with Crippen molar-refractivity contribution in [2.75, 3.05) is 24.6 Å². The zero-order valence-corrected chi connectivity index (χ0v) is 15.2. The van der Waals surface area contributed by atoms with Crippen molar-refractivity contribution in [2.45, 2.75) is 18.7 Å². The molecule has 1 aliphatic rings. The van der Waals surface area contributed by atoms with Crippen LogP contribution in [-0.4, -0.2) is 28.7 Å². The van der Waals surface area contributed by atoms with Crippen molar-refractivity contribution in [3.8, 4) is 11.5 Å². The summed E-state index contributed by atoms with van der Waals surface area (Å²) in [6.07, 6.45) is 0. The lowest BCUT2D eigenvalue weighted by Gasteiger charge is -2.31. The van der Waals surface area contributed by atoms with Crippen molar-refractivity contribution >= 4 is 27.3 Å². The molecule has 0 N–H and O–H groups in total. The number of rotatable bonds is 3. The van der Waals surface area contributed by atoms with Gasteiger partial charge in [0.15, 0.2) is 0 Å². The number of fused-ring (bicyclic) bond motifs is 1. The van der Waals surface area contributed by atoms with Crippen molar-refractivity contribution in [3.63, 3.8) is 0 Å². The van der Waals surface area contributed by atoms with E-state index in [1.54, 1.807) is 51.3 Å². The summed E-state index contributed by atoms with van der Waals surface area (Å²) >= 11 is 6.05. The number of benzene rings is 2. The number of hydrogen-bond acceptors (Lipinski definition) is 4. The summed E-state index contributed by atoms with van der Waals surface area (Å²) in [5.74, 6) is 1.15. The van der Waals surface area contributed by atoms with Gasteiger partial charge in [-0.2, -0.15) is 0 Å². The summed E-state index contributed by atoms with van der Waals surface area (Å²) in [7, 11) is -2.18. The SMILES string of the molecule is COc1cc(C)c(S(=O)(=O)N2CCOc3ccc(Cl)cc32)c(C)c1. The summed E-state index contributed by atoms with van der Waals surface area (Å²) in [5.41, 5.74) is 1.74. The molecule has 0 aliphatic carbocycles. The molecule has 24 heavy (non-hydrogen) atoms. The van der Waals surface area contributed by atoms with E-state index in [-0.39, 0.29) is 11.4 Å². The van der Waals surface area contributed by atoms with Gasteiger partial charge in [-0.1, -0.05) is 11.6 Å². The first-order valence-corrected chi connectivity index (χ1v) is 9.26. The highest BCUT2D eigenvalue weighted by molar-refractivity contribution is 7.93. The maximum atomic E-state index is 13.3. The van der Waals surface area contributed by atoms with E-state index >= 15 is 0 Å². The topological polar surface area (TPSA) is 55.8 Å². The molecule has 0 amide bonds. The smallest absolute Gasteiger partial charge is 0.265 e. The van der Waals surface area contributed by atoms with Crippen LogP contribution in [-0.2, 0) is 10.0 Å². The van der Waals surface area contributed by atoms with E-state index in [1.165, 1.54) is 4.31 Å². The number of methoxy groups -OCH3 is 1. The average Bonchev–Trinajstić information content (AvgIpc) is 2.53. The zero-order chi connectivity index (χ0) is 17.5. The van der Waals surface area contributed by atoms with Gasteiger partial charge in [0.1, 0.15) is 18.1 Å². The molecule has 2 aromatic carbocycles. The second-order valence-corrected chi connectivity index (χ2v) is 7.86. The van der Waals surface area contributed by atoms with Gasteiger partial charge in [0, 0.05) is 5.02 Å². The fraction of sp³-hybridized carbons (Fsp3) is 0.294. The molecule has 0 radical (unpaired) electrons. The summed E-state index contributed by atoms with van der Waals surface area (Å²) in [6.45, 7) is 4.06. The standard InChI is InChI=1S/C17H18ClNO4S/c1-11-8-14(22-3)9-12(2)17(11)24(20,21)19-6-7-23-16-5-4-13(18)10-15(16)19/h4-5,8-10H,6-7H2,1-3H3. The van der Waals surface area contributed by atoms with E-state index in [2.05, 4.69) is 0 Å². The van der Waals surface area contributed by atoms with Gasteiger partial charge in [-0.15, -0.1) is 0 Å². The van der Waals surface area contributed by atoms with Crippen LogP contribution in [0.5, 0.6) is 11.5 Å². The largest absolute Gasteiger partial charge is 0.497 e. The maximum absolute atomic E-state index is 13.3. The molecular weight excluding hydrogens is 350 g/mol. The molecule has 2 aromatic rings. The minimum absolute atomic E-state index is 0.237. The van der Waals surface area contributed by atoms with E-state index in [9.17, 15) is 8.42 Å². The molecule has 0 spiro atoms. The Morgan fingerprint density at radius 3 is 2.46 bits per heavy atom. The van der Waals surface area contributed by atoms with E-state index < -0.39 is 10.0 Å². The second-order valence-electron chi connectivity index (χ2n) is 5.63. The molecule has 128 valence electrons. The number of nitrogens with zero attached hydrogens (tertiary/aromatic N) is 1. The van der Waals surface area contributed by atoms with E-state index in [0.717, 1.165) is 0 Å². The van der Waals surface area contributed by atoms with Gasteiger partial charge in [-0.25, -0.2) is 8.42 Å². The van der Waals surface area contributed by atoms with E-state index in [4.69, 9.17) is 21.1 Å². The van der Waals surface area contributed by atoms with Crippen molar-refractivity contribution in [2.24, 2.45) is 0 Å². The molecular formula is C17H18ClNO4S. The molecule has 0 bridgehead atoms. The molecule has 7 heteroatoms. The van der Waals surface area contributed by atoms with Crippen molar-refractivity contribution in [1.82, 2.24) is 0 Å². The lowest BCUT2D eigenvalue weighted by molar-refractivity contribution is 0.316. The fourth-order valence-corrected chi connectivity index (χ4v) is 5.00. The first-order chi connectivity index (χ1) is 11.3. The monoisotopic (exact) mass is 367 g/mol. The Kier molecular flexibility index (Phi) is 4.36. The Morgan fingerprint density at radius 2 is 1.83 bits per heavy atom. The normalized spacial score (nSPS) is 14.1. The number of anilines is 1. The van der Waals surface area contributed by atoms with Gasteiger partial charge in [0.2, 0.25) is 0 Å². The molecule has 0 aromatic heterocycles. The van der Waals surface area contributed by atoms with Crippen LogP contribution in [0.2, 0.25) is 5.02 Å². The van der Waals surface area contributed by atoms with Crippen LogP contribution in [0, 0.1) is 13.8 Å². The summed E-state index contributed by atoms with van der Waals surface area (Å²) in [4.78, 5) is 0.288. The maximum Gasteiger partial charge on any atom is 0.265 e. The van der Waals surface area contributed by atoms with Crippen LogP contribution in [0.15, 0.2) is 35.2 Å². The van der Waals surface area contributed by atoms with Crippen LogP contribution in [0.4, 0.5) is 5.69 Å². The van der Waals surface area contributed by atoms with Gasteiger partial charge in [0.05, 0.1) is 24.2 Å². The van der Waals surface area contributed by atoms with Crippen molar-refractivity contribution in [1.29, 1.82) is 0 Å². The molecule has 1 aliphatic heterocycles. The number of ether oxygens (including phenoxy) is 2. The molecule has 1 heterocycles. The first-order valence-electron chi connectivity index (χ1n) is 7.45. The van der Waals surface area contributed by atoms with Crippen LogP contribution in [0.25, 0.3) is 0 Å². The zero-order valence-electron chi connectivity index (χ0n) is 13.7. The highest BCUT2D eigenvalue weighted by Gasteiger charge is 2.32. The van der Waals surface area contributed by atoms with Crippen molar-refractivity contribution in [3.05, 3.63) is 46.5 Å². The molecule has 0 saturated heterocycles. The third-order valence-corrected chi connectivity index (χ3v) is 6.31. The molecule has 0 atom stereocenters. The van der Waals surface area contributed by atoms with Gasteiger partial charge in [0.25, 0.3) is 10.0 Å². The lowest BCUT2D eigenvalue weighted by atomic mass is 10.1. The molecule has 0 fully saturated rings. The Labute approximate surface area is 146 Å².